The average Bonchev–Trinajstić information content (AvgIpc) is 2.81. The van der Waals surface area contributed by atoms with Crippen molar-refractivity contribution >= 4 is 32.7 Å². The molecule has 1 unspecified atom stereocenters. The van der Waals surface area contributed by atoms with E-state index in [0.717, 1.165) is 25.7 Å². The van der Waals surface area contributed by atoms with Gasteiger partial charge in [0.1, 0.15) is 17.3 Å². The first-order valence-corrected chi connectivity index (χ1v) is 12.4. The molecule has 7 nitrogen and oxygen atoms in total. The Labute approximate surface area is 207 Å². The Kier molecular flexibility index (Phi) is 7.26. The number of nitrogens with zero attached hydrogens (tertiary/aromatic N) is 3. The van der Waals surface area contributed by atoms with Crippen molar-refractivity contribution in [3.63, 3.8) is 0 Å². The number of para-hydroxylation sites is 1. The predicted molar refractivity (Wildman–Crippen MR) is 136 cm³/mol. The van der Waals surface area contributed by atoms with Crippen LogP contribution in [0.15, 0.2) is 45.7 Å². The monoisotopic (exact) mass is 527 g/mol. The molecule has 1 amide bonds. The number of carbonyl (C=O) groups is 1. The predicted octanol–water partition coefficient (Wildman–Crippen LogP) is 5.27. The fourth-order valence-electron chi connectivity index (χ4n) is 4.42. The topological polar surface area (TPSA) is 73.7 Å². The summed E-state index contributed by atoms with van der Waals surface area (Å²) in [6.07, 6.45) is 3.74. The lowest BCUT2D eigenvalue weighted by atomic mass is 9.84. The van der Waals surface area contributed by atoms with Crippen LogP contribution < -0.4 is 15.0 Å². The Morgan fingerprint density at radius 3 is 2.59 bits per heavy atom. The molecule has 180 valence electrons. The van der Waals surface area contributed by atoms with E-state index in [2.05, 4.69) is 22.9 Å². The molecule has 1 fully saturated rings. The van der Waals surface area contributed by atoms with Gasteiger partial charge in [0.05, 0.1) is 41.3 Å². The molecule has 2 aromatic carbocycles. The van der Waals surface area contributed by atoms with Crippen LogP contribution in [0, 0.1) is 5.92 Å². The van der Waals surface area contributed by atoms with Crippen LogP contribution in [0.1, 0.15) is 51.4 Å². The number of carbonyl (C=O) groups excluding carboxylic acids is 1. The molecule has 3 aromatic rings. The molecule has 1 aliphatic carbocycles. The number of benzene rings is 2. The number of halogens is 1. The van der Waals surface area contributed by atoms with E-state index in [9.17, 15) is 9.59 Å². The Morgan fingerprint density at radius 2 is 1.97 bits per heavy atom. The molecule has 0 radical (unpaired) electrons. The SMILES string of the molecule is CCCN(C(=O)C1CCC1)C(C)c1nc2ccccc2c(=O)n1-c1cc(OC)cc(OC)c1Br. The fourth-order valence-corrected chi connectivity index (χ4v) is 4.98. The molecule has 0 aliphatic heterocycles. The van der Waals surface area contributed by atoms with Gasteiger partial charge in [-0.15, -0.1) is 0 Å². The van der Waals surface area contributed by atoms with E-state index in [1.54, 1.807) is 37.0 Å². The van der Waals surface area contributed by atoms with Crippen LogP contribution in [0.2, 0.25) is 0 Å². The third kappa shape index (κ3) is 4.31. The third-order valence-electron chi connectivity index (χ3n) is 6.53. The Morgan fingerprint density at radius 1 is 1.24 bits per heavy atom. The van der Waals surface area contributed by atoms with Crippen LogP contribution >= 0.6 is 15.9 Å². The molecule has 8 heteroatoms. The maximum absolute atomic E-state index is 13.9. The summed E-state index contributed by atoms with van der Waals surface area (Å²) in [4.78, 5) is 34.0. The number of hydrogen-bond acceptors (Lipinski definition) is 5. The highest BCUT2D eigenvalue weighted by Crippen LogP contribution is 2.37. The van der Waals surface area contributed by atoms with Crippen molar-refractivity contribution < 1.29 is 14.3 Å². The van der Waals surface area contributed by atoms with Crippen LogP contribution in [-0.4, -0.2) is 41.1 Å². The minimum absolute atomic E-state index is 0.0540. The van der Waals surface area contributed by atoms with Gasteiger partial charge in [-0.3, -0.25) is 14.2 Å². The second kappa shape index (κ2) is 10.2. The first kappa shape index (κ1) is 24.3. The van der Waals surface area contributed by atoms with E-state index in [4.69, 9.17) is 14.5 Å². The zero-order chi connectivity index (χ0) is 24.4. The highest BCUT2D eigenvalue weighted by atomic mass is 79.9. The summed E-state index contributed by atoms with van der Waals surface area (Å²) < 4.78 is 13.2. The first-order valence-electron chi connectivity index (χ1n) is 11.6. The lowest BCUT2D eigenvalue weighted by Crippen LogP contribution is -2.42. The molecular formula is C26H30BrN3O4. The molecule has 0 spiro atoms. The lowest BCUT2D eigenvalue weighted by molar-refractivity contribution is -0.140. The van der Waals surface area contributed by atoms with Gasteiger partial charge in [-0.25, -0.2) is 4.98 Å². The van der Waals surface area contributed by atoms with Crippen molar-refractivity contribution in [2.24, 2.45) is 5.92 Å². The van der Waals surface area contributed by atoms with Gasteiger partial charge in [-0.1, -0.05) is 25.5 Å². The molecule has 0 saturated heterocycles. The molecule has 4 rings (SSSR count). The quantitative estimate of drug-likeness (QED) is 0.399. The van der Waals surface area contributed by atoms with Crippen LogP contribution in [0.5, 0.6) is 11.5 Å². The van der Waals surface area contributed by atoms with Crippen molar-refractivity contribution in [2.45, 2.75) is 45.6 Å². The molecule has 0 bridgehead atoms. The normalized spacial score (nSPS) is 14.5. The minimum Gasteiger partial charge on any atom is -0.497 e. The largest absolute Gasteiger partial charge is 0.497 e. The number of aromatic nitrogens is 2. The van der Waals surface area contributed by atoms with E-state index >= 15 is 0 Å². The van der Waals surface area contributed by atoms with Gasteiger partial charge in [0.15, 0.2) is 0 Å². The second-order valence-electron chi connectivity index (χ2n) is 8.63. The van der Waals surface area contributed by atoms with Crippen molar-refractivity contribution in [1.29, 1.82) is 0 Å². The van der Waals surface area contributed by atoms with Crippen LogP contribution in [0.3, 0.4) is 0 Å². The number of amides is 1. The van der Waals surface area contributed by atoms with Gasteiger partial charge in [0.25, 0.3) is 5.56 Å². The van der Waals surface area contributed by atoms with Gasteiger partial charge in [0.2, 0.25) is 5.91 Å². The van der Waals surface area contributed by atoms with Gasteiger partial charge in [0, 0.05) is 24.6 Å². The maximum Gasteiger partial charge on any atom is 0.266 e. The summed E-state index contributed by atoms with van der Waals surface area (Å²) in [6.45, 7) is 4.60. The minimum atomic E-state index is -0.408. The summed E-state index contributed by atoms with van der Waals surface area (Å²) in [5, 5.41) is 0.500. The molecule has 1 aliphatic rings. The molecular weight excluding hydrogens is 498 g/mol. The van der Waals surface area contributed by atoms with Crippen LogP contribution in [0.4, 0.5) is 0 Å². The summed E-state index contributed by atoms with van der Waals surface area (Å²) in [6, 6.07) is 10.4. The van der Waals surface area contributed by atoms with Crippen molar-refractivity contribution in [1.82, 2.24) is 14.5 Å². The number of ether oxygens (including phenoxy) is 2. The Balaban J connectivity index is 1.98. The van der Waals surface area contributed by atoms with Gasteiger partial charge in [-0.2, -0.15) is 0 Å². The zero-order valence-electron chi connectivity index (χ0n) is 20.0. The molecule has 1 aromatic heterocycles. The molecule has 34 heavy (non-hydrogen) atoms. The van der Waals surface area contributed by atoms with Gasteiger partial charge in [-0.05, 0) is 54.2 Å². The van der Waals surface area contributed by atoms with Crippen molar-refractivity contribution in [2.75, 3.05) is 20.8 Å². The number of hydrogen-bond donors (Lipinski definition) is 0. The van der Waals surface area contributed by atoms with E-state index in [-0.39, 0.29) is 17.4 Å². The number of rotatable bonds is 8. The highest BCUT2D eigenvalue weighted by Gasteiger charge is 2.34. The lowest BCUT2D eigenvalue weighted by Gasteiger charge is -2.36. The summed E-state index contributed by atoms with van der Waals surface area (Å²) in [5.74, 6) is 1.77. The van der Waals surface area contributed by atoms with E-state index in [0.29, 0.717) is 44.9 Å². The Hall–Kier alpha value is -2.87. The molecule has 1 heterocycles. The van der Waals surface area contributed by atoms with Gasteiger partial charge < -0.3 is 14.4 Å². The maximum atomic E-state index is 13.9. The zero-order valence-corrected chi connectivity index (χ0v) is 21.6. The molecule has 0 N–H and O–H groups in total. The van der Waals surface area contributed by atoms with E-state index in [1.807, 2.05) is 30.0 Å². The van der Waals surface area contributed by atoms with Gasteiger partial charge >= 0.3 is 0 Å². The molecule has 1 atom stereocenters. The summed E-state index contributed by atoms with van der Waals surface area (Å²) in [7, 11) is 3.13. The first-order chi connectivity index (χ1) is 16.4. The number of fused-ring (bicyclic) bond motifs is 1. The fraction of sp³-hybridized carbons (Fsp3) is 0.423. The standard InChI is InChI=1S/C26H30BrN3O4/c1-5-13-29(25(31)17-9-8-10-17)16(2)24-28-20-12-7-6-11-19(20)26(32)30(24)21-14-18(33-3)15-22(34-4)23(21)27/h6-7,11-12,14-17H,5,8-10,13H2,1-4H3. The Bertz CT molecular complexity index is 1270. The number of methoxy groups -OCH3 is 2. The van der Waals surface area contributed by atoms with Crippen LogP contribution in [0.25, 0.3) is 16.6 Å². The smallest absolute Gasteiger partial charge is 0.266 e. The summed E-state index contributed by atoms with van der Waals surface area (Å²) in [5.41, 5.74) is 0.939. The van der Waals surface area contributed by atoms with Crippen LogP contribution in [-0.2, 0) is 4.79 Å². The second-order valence-corrected chi connectivity index (χ2v) is 9.42. The average molecular weight is 528 g/mol. The van der Waals surface area contributed by atoms with Crippen molar-refractivity contribution in [3.05, 3.63) is 57.0 Å². The van der Waals surface area contributed by atoms with E-state index < -0.39 is 6.04 Å². The third-order valence-corrected chi connectivity index (χ3v) is 7.33. The van der Waals surface area contributed by atoms with Crippen molar-refractivity contribution in [3.8, 4) is 17.2 Å². The summed E-state index contributed by atoms with van der Waals surface area (Å²) >= 11 is 3.61. The van der Waals surface area contributed by atoms with E-state index in [1.165, 1.54) is 0 Å². The molecule has 1 saturated carbocycles. The highest BCUT2D eigenvalue weighted by molar-refractivity contribution is 9.10.